The summed E-state index contributed by atoms with van der Waals surface area (Å²) in [4.78, 5) is 13.0. The number of carbonyl (C=O) groups excluding carboxylic acids is 1. The maximum atomic E-state index is 12.0. The third kappa shape index (κ3) is 4.68. The summed E-state index contributed by atoms with van der Waals surface area (Å²) in [6, 6.07) is 9.84. The van der Waals surface area contributed by atoms with Crippen LogP contribution < -0.4 is 5.32 Å². The van der Waals surface area contributed by atoms with E-state index in [4.69, 9.17) is 4.42 Å². The molecule has 0 saturated heterocycles. The van der Waals surface area contributed by atoms with Crippen LogP contribution in [0, 0.1) is 0 Å². The molecule has 0 radical (unpaired) electrons. The van der Waals surface area contributed by atoms with E-state index in [0.29, 0.717) is 16.8 Å². The van der Waals surface area contributed by atoms with Crippen molar-refractivity contribution in [1.82, 2.24) is 10.2 Å². The first-order chi connectivity index (χ1) is 11.9. The van der Waals surface area contributed by atoms with E-state index in [9.17, 15) is 13.2 Å². The van der Waals surface area contributed by atoms with Gasteiger partial charge in [0.25, 0.3) is 11.1 Å². The van der Waals surface area contributed by atoms with Gasteiger partial charge in [0, 0.05) is 11.9 Å². The van der Waals surface area contributed by atoms with Gasteiger partial charge in [-0.1, -0.05) is 23.9 Å². The third-order valence-corrected chi connectivity index (χ3v) is 5.80. The molecule has 0 spiro atoms. The zero-order valence-electron chi connectivity index (χ0n) is 13.0. The Hall–Kier alpha value is -2.17. The molecule has 25 heavy (non-hydrogen) atoms. The number of aromatic nitrogens is 2. The highest BCUT2D eigenvalue weighted by atomic mass is 32.2. The van der Waals surface area contributed by atoms with E-state index in [1.165, 1.54) is 23.5 Å². The van der Waals surface area contributed by atoms with Crippen molar-refractivity contribution >= 4 is 44.5 Å². The molecule has 7 nitrogen and oxygen atoms in total. The number of sulfone groups is 1. The third-order valence-electron chi connectivity index (χ3n) is 3.01. The molecule has 1 amide bonds. The largest absolute Gasteiger partial charge is 0.410 e. The second-order valence-electron chi connectivity index (χ2n) is 4.99. The molecular weight excluding hydrogens is 382 g/mol. The number of hydrogen-bond donors (Lipinski definition) is 1. The fourth-order valence-corrected chi connectivity index (χ4v) is 3.77. The number of rotatable bonds is 6. The van der Waals surface area contributed by atoms with Gasteiger partial charge < -0.3 is 9.73 Å². The maximum Gasteiger partial charge on any atom is 0.277 e. The number of nitrogens with zero attached hydrogens (tertiary/aromatic N) is 2. The molecular formula is C15H13N3O4S3. The SMILES string of the molecule is CS(=O)(=O)c1cccc(NC(=O)CSc2nnc(-c3cccs3)o2)c1. The highest BCUT2D eigenvalue weighted by Gasteiger charge is 2.13. The smallest absolute Gasteiger partial charge is 0.277 e. The summed E-state index contributed by atoms with van der Waals surface area (Å²) in [5, 5.41) is 12.7. The van der Waals surface area contributed by atoms with Gasteiger partial charge in [0.15, 0.2) is 9.84 Å². The second kappa shape index (κ2) is 7.38. The Kier molecular flexibility index (Phi) is 5.21. The average Bonchev–Trinajstić information content (AvgIpc) is 3.24. The van der Waals surface area contributed by atoms with Crippen molar-refractivity contribution in [2.75, 3.05) is 17.3 Å². The van der Waals surface area contributed by atoms with E-state index >= 15 is 0 Å². The van der Waals surface area contributed by atoms with Crippen LogP contribution in [0.5, 0.6) is 0 Å². The summed E-state index contributed by atoms with van der Waals surface area (Å²) >= 11 is 2.59. The standard InChI is InChI=1S/C15H13N3O4S3/c1-25(20,21)11-5-2-4-10(8-11)16-13(19)9-24-15-18-17-14(22-15)12-6-3-7-23-12/h2-8H,9H2,1H3,(H,16,19). The Morgan fingerprint density at radius 3 is 2.84 bits per heavy atom. The maximum absolute atomic E-state index is 12.0. The van der Waals surface area contributed by atoms with Crippen LogP contribution in [-0.4, -0.2) is 36.5 Å². The van der Waals surface area contributed by atoms with Crippen molar-refractivity contribution in [3.8, 4) is 10.8 Å². The van der Waals surface area contributed by atoms with E-state index in [2.05, 4.69) is 15.5 Å². The van der Waals surface area contributed by atoms with Gasteiger partial charge in [-0.15, -0.1) is 21.5 Å². The van der Waals surface area contributed by atoms with Gasteiger partial charge in [0.2, 0.25) is 5.91 Å². The molecule has 1 N–H and O–H groups in total. The quantitative estimate of drug-likeness (QED) is 0.640. The Bertz CT molecular complexity index is 981. The summed E-state index contributed by atoms with van der Waals surface area (Å²) in [5.74, 6) is 0.181. The molecule has 130 valence electrons. The minimum absolute atomic E-state index is 0.0647. The van der Waals surface area contributed by atoms with Crippen LogP contribution in [0.25, 0.3) is 10.8 Å². The van der Waals surface area contributed by atoms with Crippen molar-refractivity contribution in [3.63, 3.8) is 0 Å². The molecule has 0 aliphatic rings. The molecule has 3 rings (SSSR count). The Labute approximate surface area is 152 Å². The van der Waals surface area contributed by atoms with Gasteiger partial charge in [-0.05, 0) is 29.6 Å². The summed E-state index contributed by atoms with van der Waals surface area (Å²) in [6.45, 7) is 0. The molecule has 0 fully saturated rings. The lowest BCUT2D eigenvalue weighted by molar-refractivity contribution is -0.113. The number of thioether (sulfide) groups is 1. The van der Waals surface area contributed by atoms with E-state index in [1.807, 2.05) is 17.5 Å². The fourth-order valence-electron chi connectivity index (χ4n) is 1.90. The molecule has 0 aliphatic carbocycles. The zero-order chi connectivity index (χ0) is 17.9. The molecule has 0 aliphatic heterocycles. The van der Waals surface area contributed by atoms with Crippen molar-refractivity contribution in [2.24, 2.45) is 0 Å². The average molecular weight is 395 g/mol. The first kappa shape index (κ1) is 17.6. The van der Waals surface area contributed by atoms with Crippen LogP contribution in [0.3, 0.4) is 0 Å². The summed E-state index contributed by atoms with van der Waals surface area (Å²) in [7, 11) is -3.32. The van der Waals surface area contributed by atoms with Gasteiger partial charge >= 0.3 is 0 Å². The molecule has 3 aromatic rings. The van der Waals surface area contributed by atoms with E-state index in [-0.39, 0.29) is 16.6 Å². The Morgan fingerprint density at radius 1 is 1.28 bits per heavy atom. The number of anilines is 1. The predicted molar refractivity (Wildman–Crippen MR) is 96.5 cm³/mol. The lowest BCUT2D eigenvalue weighted by Gasteiger charge is -2.05. The summed E-state index contributed by atoms with van der Waals surface area (Å²) < 4.78 is 28.6. The fraction of sp³-hybridized carbons (Fsp3) is 0.133. The molecule has 2 heterocycles. The molecule has 1 aromatic carbocycles. The van der Waals surface area contributed by atoms with Crippen molar-refractivity contribution < 1.29 is 17.6 Å². The highest BCUT2D eigenvalue weighted by molar-refractivity contribution is 7.99. The molecule has 0 atom stereocenters. The van der Waals surface area contributed by atoms with Crippen molar-refractivity contribution in [1.29, 1.82) is 0 Å². The van der Waals surface area contributed by atoms with Gasteiger partial charge in [0.1, 0.15) is 0 Å². The Balaban J connectivity index is 1.58. The van der Waals surface area contributed by atoms with Crippen LogP contribution in [0.1, 0.15) is 0 Å². The summed E-state index contributed by atoms with van der Waals surface area (Å²) in [6.07, 6.45) is 1.12. The number of thiophene rings is 1. The minimum atomic E-state index is -3.32. The first-order valence-corrected chi connectivity index (χ1v) is 10.8. The van der Waals surface area contributed by atoms with Gasteiger partial charge in [0.05, 0.1) is 15.5 Å². The van der Waals surface area contributed by atoms with E-state index < -0.39 is 9.84 Å². The van der Waals surface area contributed by atoms with E-state index in [1.54, 1.807) is 12.1 Å². The van der Waals surface area contributed by atoms with Crippen molar-refractivity contribution in [3.05, 3.63) is 41.8 Å². The second-order valence-corrected chi connectivity index (χ2v) is 8.88. The molecule has 2 aromatic heterocycles. The van der Waals surface area contributed by atoms with Crippen LogP contribution in [0.2, 0.25) is 0 Å². The number of carbonyl (C=O) groups is 1. The van der Waals surface area contributed by atoms with Crippen LogP contribution >= 0.6 is 23.1 Å². The molecule has 10 heteroatoms. The van der Waals surface area contributed by atoms with E-state index in [0.717, 1.165) is 22.9 Å². The number of amides is 1. The Morgan fingerprint density at radius 2 is 2.12 bits per heavy atom. The first-order valence-electron chi connectivity index (χ1n) is 7.02. The number of hydrogen-bond acceptors (Lipinski definition) is 8. The van der Waals surface area contributed by atoms with Gasteiger partial charge in [-0.2, -0.15) is 0 Å². The van der Waals surface area contributed by atoms with Crippen LogP contribution in [0.15, 0.2) is 56.3 Å². The van der Waals surface area contributed by atoms with Crippen LogP contribution in [0.4, 0.5) is 5.69 Å². The zero-order valence-corrected chi connectivity index (χ0v) is 15.5. The minimum Gasteiger partial charge on any atom is -0.410 e. The number of nitrogens with one attached hydrogen (secondary N) is 1. The summed E-state index contributed by atoms with van der Waals surface area (Å²) in [5.41, 5.74) is 0.415. The molecule has 0 saturated carbocycles. The molecule has 0 unspecified atom stereocenters. The normalized spacial score (nSPS) is 11.4. The van der Waals surface area contributed by atoms with Gasteiger partial charge in [-0.25, -0.2) is 8.42 Å². The van der Waals surface area contributed by atoms with Gasteiger partial charge in [-0.3, -0.25) is 4.79 Å². The predicted octanol–water partition coefficient (Wildman–Crippen LogP) is 2.93. The highest BCUT2D eigenvalue weighted by Crippen LogP contribution is 2.26. The van der Waals surface area contributed by atoms with Crippen LogP contribution in [-0.2, 0) is 14.6 Å². The molecule has 0 bridgehead atoms. The lowest BCUT2D eigenvalue weighted by Crippen LogP contribution is -2.14. The topological polar surface area (TPSA) is 102 Å². The monoisotopic (exact) mass is 395 g/mol. The lowest BCUT2D eigenvalue weighted by atomic mass is 10.3. The number of benzene rings is 1. The van der Waals surface area contributed by atoms with Crippen molar-refractivity contribution in [2.45, 2.75) is 10.1 Å².